The van der Waals surface area contributed by atoms with Crippen LogP contribution in [-0.4, -0.2) is 13.5 Å². The number of anilines is 1. The molecule has 2 aromatic carbocycles. The monoisotopic (exact) mass is 309 g/mol. The zero-order valence-corrected chi connectivity index (χ0v) is 12.5. The summed E-state index contributed by atoms with van der Waals surface area (Å²) in [5.41, 5.74) is 2.48. The predicted octanol–water partition coefficient (Wildman–Crippen LogP) is 2.74. The highest BCUT2D eigenvalue weighted by molar-refractivity contribution is 7.92. The van der Waals surface area contributed by atoms with Gasteiger partial charge in [0.15, 0.2) is 0 Å². The Morgan fingerprint density at radius 3 is 2.48 bits per heavy atom. The van der Waals surface area contributed by atoms with Crippen LogP contribution >= 0.6 is 0 Å². The topological polar surface area (TPSA) is 66.4 Å². The van der Waals surface area contributed by atoms with Gasteiger partial charge in [0.05, 0.1) is 12.3 Å². The second-order valence-electron chi connectivity index (χ2n) is 4.85. The standard InChI is InChI=1S/C15H16FNO3S/c1-10-3-6-14(11(2)7-10)17-21(19,20)15-8-12(9-18)4-5-13(15)16/h3-8,17-18H,9H2,1-2H3. The lowest BCUT2D eigenvalue weighted by Gasteiger charge is -2.12. The van der Waals surface area contributed by atoms with Crippen molar-refractivity contribution >= 4 is 15.7 Å². The van der Waals surface area contributed by atoms with Gasteiger partial charge in [-0.1, -0.05) is 23.8 Å². The van der Waals surface area contributed by atoms with Gasteiger partial charge in [-0.15, -0.1) is 0 Å². The first-order valence-corrected chi connectivity index (χ1v) is 7.81. The van der Waals surface area contributed by atoms with Crippen LogP contribution < -0.4 is 4.72 Å². The Labute approximate surface area is 123 Å². The van der Waals surface area contributed by atoms with Crippen LogP contribution in [0.3, 0.4) is 0 Å². The summed E-state index contributed by atoms with van der Waals surface area (Å²) in [6.07, 6.45) is 0. The van der Waals surface area contributed by atoms with E-state index in [1.807, 2.05) is 13.0 Å². The molecule has 0 amide bonds. The third kappa shape index (κ3) is 3.40. The van der Waals surface area contributed by atoms with Gasteiger partial charge in [-0.2, -0.15) is 0 Å². The Kier molecular flexibility index (Phi) is 4.29. The number of hydrogen-bond donors (Lipinski definition) is 2. The summed E-state index contributed by atoms with van der Waals surface area (Å²) in [6, 6.07) is 8.73. The van der Waals surface area contributed by atoms with Crippen molar-refractivity contribution in [3.8, 4) is 0 Å². The number of aliphatic hydroxyl groups is 1. The van der Waals surface area contributed by atoms with Crippen LogP contribution in [0.25, 0.3) is 0 Å². The van der Waals surface area contributed by atoms with Crippen LogP contribution in [0.4, 0.5) is 10.1 Å². The number of sulfonamides is 1. The quantitative estimate of drug-likeness (QED) is 0.912. The Hall–Kier alpha value is -1.92. The number of halogens is 1. The molecule has 0 spiro atoms. The lowest BCUT2D eigenvalue weighted by molar-refractivity contribution is 0.281. The molecule has 0 aliphatic rings. The summed E-state index contributed by atoms with van der Waals surface area (Å²) >= 11 is 0. The molecule has 21 heavy (non-hydrogen) atoms. The smallest absolute Gasteiger partial charge is 0.264 e. The van der Waals surface area contributed by atoms with E-state index in [0.29, 0.717) is 11.3 Å². The molecule has 0 atom stereocenters. The fraction of sp³-hybridized carbons (Fsp3) is 0.200. The van der Waals surface area contributed by atoms with E-state index in [1.165, 1.54) is 6.07 Å². The molecule has 2 N–H and O–H groups in total. The molecule has 0 unspecified atom stereocenters. The first kappa shape index (κ1) is 15.5. The van der Waals surface area contributed by atoms with Gasteiger partial charge in [-0.25, -0.2) is 12.8 Å². The number of benzene rings is 2. The van der Waals surface area contributed by atoms with Crippen molar-refractivity contribution in [1.82, 2.24) is 0 Å². The lowest BCUT2D eigenvalue weighted by Crippen LogP contribution is -2.15. The van der Waals surface area contributed by atoms with Crippen molar-refractivity contribution in [1.29, 1.82) is 0 Å². The predicted molar refractivity (Wildman–Crippen MR) is 79.0 cm³/mol. The molecule has 0 aliphatic carbocycles. The average Bonchev–Trinajstić information content (AvgIpc) is 2.42. The highest BCUT2D eigenvalue weighted by atomic mass is 32.2. The molecule has 0 aliphatic heterocycles. The van der Waals surface area contributed by atoms with Gasteiger partial charge in [0.2, 0.25) is 0 Å². The Morgan fingerprint density at radius 1 is 1.14 bits per heavy atom. The third-order valence-corrected chi connectivity index (χ3v) is 4.47. The van der Waals surface area contributed by atoms with Crippen molar-refractivity contribution < 1.29 is 17.9 Å². The molecular formula is C15H16FNO3S. The molecule has 112 valence electrons. The molecule has 0 saturated carbocycles. The summed E-state index contributed by atoms with van der Waals surface area (Å²) in [5.74, 6) is -0.857. The first-order valence-electron chi connectivity index (χ1n) is 6.33. The van der Waals surface area contributed by atoms with E-state index in [9.17, 15) is 12.8 Å². The van der Waals surface area contributed by atoms with Gasteiger partial charge in [0, 0.05) is 0 Å². The zero-order valence-electron chi connectivity index (χ0n) is 11.7. The third-order valence-electron chi connectivity index (χ3n) is 3.09. The molecule has 0 bridgehead atoms. The van der Waals surface area contributed by atoms with Crippen molar-refractivity contribution in [3.05, 3.63) is 58.9 Å². The van der Waals surface area contributed by atoms with E-state index in [0.717, 1.165) is 23.3 Å². The van der Waals surface area contributed by atoms with Crippen LogP contribution in [0.5, 0.6) is 0 Å². The Bertz CT molecular complexity index is 772. The van der Waals surface area contributed by atoms with Gasteiger partial charge in [-0.05, 0) is 43.2 Å². The minimum Gasteiger partial charge on any atom is -0.392 e. The molecule has 0 heterocycles. The maximum atomic E-state index is 13.8. The number of hydrogen-bond acceptors (Lipinski definition) is 3. The number of aliphatic hydroxyl groups excluding tert-OH is 1. The Balaban J connectivity index is 2.43. The van der Waals surface area contributed by atoms with Crippen LogP contribution in [-0.2, 0) is 16.6 Å². The summed E-state index contributed by atoms with van der Waals surface area (Å²) in [5, 5.41) is 9.05. The molecule has 2 rings (SSSR count). The van der Waals surface area contributed by atoms with E-state index in [-0.39, 0.29) is 6.61 Å². The molecule has 0 aromatic heterocycles. The largest absolute Gasteiger partial charge is 0.392 e. The highest BCUT2D eigenvalue weighted by Gasteiger charge is 2.20. The second-order valence-corrected chi connectivity index (χ2v) is 6.50. The van der Waals surface area contributed by atoms with Crippen molar-refractivity contribution in [2.45, 2.75) is 25.3 Å². The summed E-state index contributed by atoms with van der Waals surface area (Å²) in [4.78, 5) is -0.478. The van der Waals surface area contributed by atoms with Crippen molar-refractivity contribution in [2.75, 3.05) is 4.72 Å². The minimum absolute atomic E-state index is 0.331. The van der Waals surface area contributed by atoms with Gasteiger partial charge in [0.25, 0.3) is 10.0 Å². The minimum atomic E-state index is -4.05. The number of aryl methyl sites for hydroxylation is 2. The van der Waals surface area contributed by atoms with Crippen molar-refractivity contribution in [3.63, 3.8) is 0 Å². The van der Waals surface area contributed by atoms with E-state index >= 15 is 0 Å². The first-order chi connectivity index (χ1) is 9.83. The van der Waals surface area contributed by atoms with Crippen LogP contribution in [0.15, 0.2) is 41.3 Å². The maximum Gasteiger partial charge on any atom is 0.264 e. The van der Waals surface area contributed by atoms with E-state index in [1.54, 1.807) is 19.1 Å². The van der Waals surface area contributed by atoms with Crippen molar-refractivity contribution in [2.24, 2.45) is 0 Å². The number of rotatable bonds is 4. The molecule has 0 saturated heterocycles. The molecular weight excluding hydrogens is 293 g/mol. The summed E-state index contributed by atoms with van der Waals surface area (Å²) in [6.45, 7) is 3.31. The lowest BCUT2D eigenvalue weighted by atomic mass is 10.1. The van der Waals surface area contributed by atoms with Gasteiger partial charge >= 0.3 is 0 Å². The summed E-state index contributed by atoms with van der Waals surface area (Å²) in [7, 11) is -4.05. The van der Waals surface area contributed by atoms with E-state index < -0.39 is 20.7 Å². The van der Waals surface area contributed by atoms with E-state index in [4.69, 9.17) is 5.11 Å². The second kappa shape index (κ2) is 5.83. The van der Waals surface area contributed by atoms with Gasteiger partial charge in [-0.3, -0.25) is 4.72 Å². The van der Waals surface area contributed by atoms with Crippen LogP contribution in [0, 0.1) is 19.7 Å². The molecule has 0 radical (unpaired) electrons. The molecule has 2 aromatic rings. The SMILES string of the molecule is Cc1ccc(NS(=O)(=O)c2cc(CO)ccc2F)c(C)c1. The summed E-state index contributed by atoms with van der Waals surface area (Å²) < 4.78 is 40.7. The van der Waals surface area contributed by atoms with Gasteiger partial charge < -0.3 is 5.11 Å². The van der Waals surface area contributed by atoms with E-state index in [2.05, 4.69) is 4.72 Å². The van der Waals surface area contributed by atoms with Crippen LogP contribution in [0.2, 0.25) is 0 Å². The zero-order chi connectivity index (χ0) is 15.6. The maximum absolute atomic E-state index is 13.8. The highest BCUT2D eigenvalue weighted by Crippen LogP contribution is 2.23. The van der Waals surface area contributed by atoms with Crippen LogP contribution in [0.1, 0.15) is 16.7 Å². The molecule has 6 heteroatoms. The fourth-order valence-electron chi connectivity index (χ4n) is 1.98. The fourth-order valence-corrected chi connectivity index (χ4v) is 3.24. The average molecular weight is 309 g/mol. The molecule has 0 fully saturated rings. The Morgan fingerprint density at radius 2 is 1.86 bits per heavy atom. The number of nitrogens with one attached hydrogen (secondary N) is 1. The molecule has 4 nitrogen and oxygen atoms in total. The van der Waals surface area contributed by atoms with Gasteiger partial charge in [0.1, 0.15) is 10.7 Å². The normalized spacial score (nSPS) is 11.4.